The van der Waals surface area contributed by atoms with Crippen LogP contribution in [0.1, 0.15) is 56.8 Å². The van der Waals surface area contributed by atoms with Gasteiger partial charge in [-0.25, -0.2) is 0 Å². The summed E-state index contributed by atoms with van der Waals surface area (Å²) in [4.78, 5) is 43.5. The lowest BCUT2D eigenvalue weighted by atomic mass is 9.87. The van der Waals surface area contributed by atoms with Crippen molar-refractivity contribution in [1.29, 1.82) is 0 Å². The summed E-state index contributed by atoms with van der Waals surface area (Å²) in [5, 5.41) is 7.10. The molecule has 2 aliphatic rings. The van der Waals surface area contributed by atoms with E-state index in [9.17, 15) is 14.4 Å². The van der Waals surface area contributed by atoms with E-state index in [1.54, 1.807) is 4.90 Å². The van der Waals surface area contributed by atoms with Crippen LogP contribution in [-0.2, 0) is 34.3 Å². The maximum absolute atomic E-state index is 14.4. The first-order valence-corrected chi connectivity index (χ1v) is 13.7. The molecule has 0 bridgehead atoms. The number of aromatic nitrogens is 1. The Hall–Kier alpha value is -3.61. The van der Waals surface area contributed by atoms with Gasteiger partial charge in [0.15, 0.2) is 0 Å². The number of carbonyl (C=O) groups is 3. The quantitative estimate of drug-likeness (QED) is 0.502. The van der Waals surface area contributed by atoms with Crippen molar-refractivity contribution < 1.29 is 14.4 Å². The minimum Gasteiger partial charge on any atom is -0.352 e. The molecule has 0 radical (unpaired) electrons. The highest BCUT2D eigenvalue weighted by Crippen LogP contribution is 2.36. The Morgan fingerprint density at radius 1 is 1.03 bits per heavy atom. The monoisotopic (exact) mass is 514 g/mol. The van der Waals surface area contributed by atoms with Crippen molar-refractivity contribution in [3.8, 4) is 0 Å². The molecule has 38 heavy (non-hydrogen) atoms. The summed E-state index contributed by atoms with van der Waals surface area (Å²) in [6.45, 7) is 7.89. The van der Waals surface area contributed by atoms with Crippen LogP contribution in [0, 0.1) is 11.8 Å². The summed E-state index contributed by atoms with van der Waals surface area (Å²) < 4.78 is 2.02. The number of aryl methyl sites for hydroxylation is 1. The molecule has 200 valence electrons. The Morgan fingerprint density at radius 2 is 1.71 bits per heavy atom. The van der Waals surface area contributed by atoms with E-state index in [1.165, 1.54) is 11.1 Å². The van der Waals surface area contributed by atoms with E-state index in [4.69, 9.17) is 0 Å². The van der Waals surface area contributed by atoms with Gasteiger partial charge in [0.2, 0.25) is 17.7 Å². The lowest BCUT2D eigenvalue weighted by molar-refractivity contribution is -0.158. The van der Waals surface area contributed by atoms with Crippen LogP contribution in [0.2, 0.25) is 0 Å². The van der Waals surface area contributed by atoms with Gasteiger partial charge in [0.25, 0.3) is 0 Å². The number of amides is 3. The average molecular weight is 515 g/mol. The molecule has 2 N–H and O–H groups in total. The number of carbonyl (C=O) groups excluding carboxylic acids is 3. The molecular formula is C31H38N4O3. The molecule has 7 heteroatoms. The first-order chi connectivity index (χ1) is 18.1. The second kappa shape index (κ2) is 10.3. The maximum Gasteiger partial charge on any atom is 0.247 e. The smallest absolute Gasteiger partial charge is 0.247 e. The van der Waals surface area contributed by atoms with Crippen LogP contribution in [0.5, 0.6) is 0 Å². The van der Waals surface area contributed by atoms with Crippen LogP contribution in [0.3, 0.4) is 0 Å². The maximum atomic E-state index is 14.4. The van der Waals surface area contributed by atoms with Crippen LogP contribution in [0.4, 0.5) is 0 Å². The summed E-state index contributed by atoms with van der Waals surface area (Å²) in [5.74, 6) is -0.497. The third kappa shape index (κ3) is 4.82. The lowest BCUT2D eigenvalue weighted by Crippen LogP contribution is -2.67. The van der Waals surface area contributed by atoms with Gasteiger partial charge in [0.05, 0.1) is 0 Å². The lowest BCUT2D eigenvalue weighted by Gasteiger charge is -2.45. The molecule has 3 amide bonds. The van der Waals surface area contributed by atoms with Crippen LogP contribution in [0.15, 0.2) is 54.7 Å². The molecule has 3 unspecified atom stereocenters. The van der Waals surface area contributed by atoms with E-state index in [-0.39, 0.29) is 35.6 Å². The molecule has 1 aliphatic heterocycles. The molecule has 0 saturated carbocycles. The van der Waals surface area contributed by atoms with Crippen molar-refractivity contribution in [2.24, 2.45) is 18.9 Å². The van der Waals surface area contributed by atoms with Crippen LogP contribution in [-0.4, -0.2) is 45.3 Å². The summed E-state index contributed by atoms with van der Waals surface area (Å²) in [6.07, 6.45) is 3.92. The van der Waals surface area contributed by atoms with Crippen LogP contribution < -0.4 is 10.6 Å². The van der Waals surface area contributed by atoms with Crippen molar-refractivity contribution >= 4 is 28.6 Å². The zero-order chi connectivity index (χ0) is 27.1. The SMILES string of the molecule is CC(C)CC1C(=O)NC(C2Cc3ccccc3C2)C(=O)N1C(C(=O)NC(C)C)c1ccc2c(ccn2C)c1. The molecule has 2 heterocycles. The molecular weight excluding hydrogens is 476 g/mol. The zero-order valence-electron chi connectivity index (χ0n) is 22.9. The van der Waals surface area contributed by atoms with E-state index in [2.05, 4.69) is 22.8 Å². The van der Waals surface area contributed by atoms with Gasteiger partial charge in [0.1, 0.15) is 18.1 Å². The normalized spacial score (nSPS) is 20.8. The molecule has 3 aromatic rings. The Bertz CT molecular complexity index is 1350. The topological polar surface area (TPSA) is 83.4 Å². The van der Waals surface area contributed by atoms with Gasteiger partial charge in [0, 0.05) is 24.8 Å². The summed E-state index contributed by atoms with van der Waals surface area (Å²) in [7, 11) is 1.98. The number of nitrogens with one attached hydrogen (secondary N) is 2. The fourth-order valence-electron chi connectivity index (χ4n) is 6.15. The first kappa shape index (κ1) is 26.0. The number of nitrogens with zero attached hydrogens (tertiary/aromatic N) is 2. The van der Waals surface area contributed by atoms with Gasteiger partial charge in [-0.1, -0.05) is 44.2 Å². The molecule has 5 rings (SSSR count). The standard InChI is InChI=1S/C31H38N4O3/c1-18(2)14-26-29(36)33-27(24-15-20-8-6-7-9-21(20)16-24)31(38)35(26)28(30(37)32-19(3)4)23-10-11-25-22(17-23)12-13-34(25)5/h6-13,17-19,24,26-28H,14-16H2,1-5H3,(H,32,37)(H,33,36). The Balaban J connectivity index is 1.58. The van der Waals surface area contributed by atoms with Gasteiger partial charge in [-0.3, -0.25) is 14.4 Å². The van der Waals surface area contributed by atoms with Gasteiger partial charge >= 0.3 is 0 Å². The first-order valence-electron chi connectivity index (χ1n) is 13.7. The van der Waals surface area contributed by atoms with Crippen LogP contribution in [0.25, 0.3) is 10.9 Å². The molecule has 1 aromatic heterocycles. The molecule has 2 aromatic carbocycles. The van der Waals surface area contributed by atoms with Gasteiger partial charge in [-0.15, -0.1) is 0 Å². The Labute approximate surface area is 224 Å². The molecule has 1 saturated heterocycles. The predicted octanol–water partition coefficient (Wildman–Crippen LogP) is 3.90. The fourth-order valence-corrected chi connectivity index (χ4v) is 6.15. The number of hydrogen-bond donors (Lipinski definition) is 2. The van der Waals surface area contributed by atoms with Gasteiger partial charge in [-0.2, -0.15) is 0 Å². The van der Waals surface area contributed by atoms with E-state index in [1.807, 2.05) is 81.9 Å². The van der Waals surface area contributed by atoms with Crippen LogP contribution >= 0.6 is 0 Å². The Kier molecular flexibility index (Phi) is 7.03. The highest BCUT2D eigenvalue weighted by atomic mass is 16.2. The number of fused-ring (bicyclic) bond motifs is 2. The van der Waals surface area contributed by atoms with Crippen molar-refractivity contribution in [2.45, 2.75) is 71.1 Å². The van der Waals surface area contributed by atoms with E-state index < -0.39 is 18.1 Å². The number of piperazine rings is 1. The minimum absolute atomic E-state index is 0.0447. The second-order valence-electron chi connectivity index (χ2n) is 11.6. The number of rotatable bonds is 7. The van der Waals surface area contributed by atoms with Gasteiger partial charge in [-0.05, 0) is 85.2 Å². The van der Waals surface area contributed by atoms with E-state index in [0.717, 1.165) is 23.7 Å². The molecule has 3 atom stereocenters. The highest BCUT2D eigenvalue weighted by Gasteiger charge is 2.49. The average Bonchev–Trinajstić information content (AvgIpc) is 3.45. The van der Waals surface area contributed by atoms with Crippen molar-refractivity contribution in [2.75, 3.05) is 0 Å². The van der Waals surface area contributed by atoms with Crippen molar-refractivity contribution in [3.63, 3.8) is 0 Å². The van der Waals surface area contributed by atoms with Crippen molar-refractivity contribution in [1.82, 2.24) is 20.1 Å². The summed E-state index contributed by atoms with van der Waals surface area (Å²) >= 11 is 0. The third-order valence-corrected chi connectivity index (χ3v) is 7.89. The van der Waals surface area contributed by atoms with E-state index in [0.29, 0.717) is 12.0 Å². The zero-order valence-corrected chi connectivity index (χ0v) is 22.9. The molecule has 1 aliphatic carbocycles. The third-order valence-electron chi connectivity index (χ3n) is 7.89. The summed E-state index contributed by atoms with van der Waals surface area (Å²) in [6, 6.07) is 13.7. The highest BCUT2D eigenvalue weighted by molar-refractivity contribution is 6.00. The largest absolute Gasteiger partial charge is 0.352 e. The van der Waals surface area contributed by atoms with Gasteiger partial charge < -0.3 is 20.1 Å². The number of hydrogen-bond acceptors (Lipinski definition) is 3. The molecule has 7 nitrogen and oxygen atoms in total. The summed E-state index contributed by atoms with van der Waals surface area (Å²) in [5.41, 5.74) is 4.20. The van der Waals surface area contributed by atoms with E-state index >= 15 is 0 Å². The minimum atomic E-state index is -0.907. The fraction of sp³-hybridized carbons (Fsp3) is 0.452. The second-order valence-corrected chi connectivity index (χ2v) is 11.6. The van der Waals surface area contributed by atoms with Crippen molar-refractivity contribution in [3.05, 3.63) is 71.4 Å². The predicted molar refractivity (Wildman–Crippen MR) is 148 cm³/mol. The molecule has 0 spiro atoms. The number of benzene rings is 2. The Morgan fingerprint density at radius 3 is 2.34 bits per heavy atom. The molecule has 1 fully saturated rings.